The van der Waals surface area contributed by atoms with Gasteiger partial charge in [-0.25, -0.2) is 0 Å². The highest BCUT2D eigenvalue weighted by molar-refractivity contribution is 6.42. The molecule has 4 nitrogen and oxygen atoms in total. The number of rotatable bonds is 5. The van der Waals surface area contributed by atoms with E-state index in [4.69, 9.17) is 23.2 Å². The number of piperidine rings is 1. The molecule has 0 aliphatic carbocycles. The summed E-state index contributed by atoms with van der Waals surface area (Å²) in [6.45, 7) is 3.37. The van der Waals surface area contributed by atoms with Crippen molar-refractivity contribution in [1.29, 1.82) is 0 Å². The molecule has 0 saturated carbocycles. The van der Waals surface area contributed by atoms with Gasteiger partial charge in [0.2, 0.25) is 5.91 Å². The Hall–Kier alpha value is -0.520. The van der Waals surface area contributed by atoms with Gasteiger partial charge < -0.3 is 10.6 Å². The van der Waals surface area contributed by atoms with Gasteiger partial charge in [0.1, 0.15) is 0 Å². The van der Waals surface area contributed by atoms with Crippen molar-refractivity contribution in [1.82, 2.24) is 10.2 Å². The van der Waals surface area contributed by atoms with Crippen LogP contribution in [0.25, 0.3) is 0 Å². The topological polar surface area (TPSA) is 44.4 Å². The van der Waals surface area contributed by atoms with E-state index in [1.807, 2.05) is 7.05 Å². The third-order valence-electron chi connectivity index (χ3n) is 3.67. The molecule has 1 atom stereocenters. The second-order valence-electron chi connectivity index (χ2n) is 5.48. The monoisotopic (exact) mass is 365 g/mol. The fraction of sp³-hybridized carbons (Fsp3) is 0.533. The van der Waals surface area contributed by atoms with Crippen molar-refractivity contribution in [2.75, 3.05) is 38.5 Å². The van der Waals surface area contributed by atoms with E-state index in [1.54, 1.807) is 18.2 Å². The van der Waals surface area contributed by atoms with Gasteiger partial charge in [-0.1, -0.05) is 23.2 Å². The average molecular weight is 367 g/mol. The maximum absolute atomic E-state index is 12.1. The number of amides is 1. The van der Waals surface area contributed by atoms with Gasteiger partial charge >= 0.3 is 0 Å². The Morgan fingerprint density at radius 1 is 1.36 bits per heavy atom. The van der Waals surface area contributed by atoms with Gasteiger partial charge in [0.05, 0.1) is 16.6 Å². The van der Waals surface area contributed by atoms with Gasteiger partial charge in [0, 0.05) is 12.2 Å². The summed E-state index contributed by atoms with van der Waals surface area (Å²) in [5.74, 6) is 0.611. The molecule has 1 aromatic rings. The summed E-state index contributed by atoms with van der Waals surface area (Å²) in [5.41, 5.74) is 0.679. The summed E-state index contributed by atoms with van der Waals surface area (Å²) in [7, 11) is 1.97. The van der Waals surface area contributed by atoms with Gasteiger partial charge in [-0.05, 0) is 57.1 Å². The Bertz CT molecular complexity index is 497. The molecule has 1 aromatic carbocycles. The number of benzene rings is 1. The standard InChI is InChI=1S/C15H21Cl2N3O.ClH/c1-18-8-11-3-2-6-20(9-11)10-15(21)19-12-4-5-13(16)14(17)7-12;/h4-5,7,11,18H,2-3,6,8-10H2,1H3,(H,19,21);1H. The fourth-order valence-electron chi connectivity index (χ4n) is 2.73. The summed E-state index contributed by atoms with van der Waals surface area (Å²) in [6, 6.07) is 5.11. The van der Waals surface area contributed by atoms with Crippen LogP contribution in [-0.2, 0) is 4.79 Å². The molecule has 0 bridgehead atoms. The summed E-state index contributed by atoms with van der Waals surface area (Å²) in [5, 5.41) is 7.01. The minimum atomic E-state index is -0.0153. The predicted molar refractivity (Wildman–Crippen MR) is 95.4 cm³/mol. The van der Waals surface area contributed by atoms with Crippen LogP contribution in [0.15, 0.2) is 18.2 Å². The highest BCUT2D eigenvalue weighted by Gasteiger charge is 2.21. The summed E-state index contributed by atoms with van der Waals surface area (Å²) in [4.78, 5) is 14.3. The van der Waals surface area contributed by atoms with Crippen LogP contribution in [-0.4, -0.2) is 44.0 Å². The maximum Gasteiger partial charge on any atom is 0.238 e. The lowest BCUT2D eigenvalue weighted by Gasteiger charge is -2.32. The maximum atomic E-state index is 12.1. The largest absolute Gasteiger partial charge is 0.325 e. The number of nitrogens with zero attached hydrogens (tertiary/aromatic N) is 1. The molecule has 7 heteroatoms. The lowest BCUT2D eigenvalue weighted by atomic mass is 9.98. The number of carbonyl (C=O) groups excluding carboxylic acids is 1. The first kappa shape index (κ1) is 19.5. The third kappa shape index (κ3) is 5.94. The molecular formula is C15H22Cl3N3O. The van der Waals surface area contributed by atoms with E-state index in [-0.39, 0.29) is 18.3 Å². The Labute approximate surface area is 147 Å². The van der Waals surface area contributed by atoms with Gasteiger partial charge in [-0.15, -0.1) is 12.4 Å². The molecule has 2 rings (SSSR count). The van der Waals surface area contributed by atoms with Crippen LogP contribution < -0.4 is 10.6 Å². The van der Waals surface area contributed by atoms with E-state index in [0.29, 0.717) is 28.2 Å². The molecule has 0 aromatic heterocycles. The lowest BCUT2D eigenvalue weighted by molar-refractivity contribution is -0.117. The molecule has 1 saturated heterocycles. The van der Waals surface area contributed by atoms with Crippen molar-refractivity contribution in [2.45, 2.75) is 12.8 Å². The Morgan fingerprint density at radius 2 is 2.14 bits per heavy atom. The van der Waals surface area contributed by atoms with Crippen LogP contribution in [0.3, 0.4) is 0 Å². The average Bonchev–Trinajstić information content (AvgIpc) is 2.43. The van der Waals surface area contributed by atoms with Crippen LogP contribution in [0.5, 0.6) is 0 Å². The van der Waals surface area contributed by atoms with Gasteiger partial charge in [0.15, 0.2) is 0 Å². The number of likely N-dealkylation sites (tertiary alicyclic amines) is 1. The van der Waals surface area contributed by atoms with Crippen molar-refractivity contribution in [3.05, 3.63) is 28.2 Å². The first-order valence-corrected chi connectivity index (χ1v) is 7.96. The van der Waals surface area contributed by atoms with E-state index in [1.165, 1.54) is 6.42 Å². The number of hydrogen-bond donors (Lipinski definition) is 2. The van der Waals surface area contributed by atoms with Crippen molar-refractivity contribution in [3.63, 3.8) is 0 Å². The van der Waals surface area contributed by atoms with Crippen molar-refractivity contribution in [2.24, 2.45) is 5.92 Å². The molecule has 1 heterocycles. The molecule has 124 valence electrons. The minimum Gasteiger partial charge on any atom is -0.325 e. The highest BCUT2D eigenvalue weighted by Crippen LogP contribution is 2.25. The molecule has 2 N–H and O–H groups in total. The summed E-state index contributed by atoms with van der Waals surface area (Å²) in [6.07, 6.45) is 2.37. The quantitative estimate of drug-likeness (QED) is 0.840. The molecular weight excluding hydrogens is 345 g/mol. The zero-order valence-electron chi connectivity index (χ0n) is 12.6. The van der Waals surface area contributed by atoms with Crippen LogP contribution >= 0.6 is 35.6 Å². The third-order valence-corrected chi connectivity index (χ3v) is 4.41. The molecule has 1 amide bonds. The Balaban J connectivity index is 0.00000242. The SMILES string of the molecule is CNCC1CCCN(CC(=O)Nc2ccc(Cl)c(Cl)c2)C1.Cl. The van der Waals surface area contributed by atoms with Crippen LogP contribution in [0, 0.1) is 5.92 Å². The first-order valence-electron chi connectivity index (χ1n) is 7.20. The van der Waals surface area contributed by atoms with Crippen molar-refractivity contribution in [3.8, 4) is 0 Å². The van der Waals surface area contributed by atoms with Gasteiger partial charge in [-0.3, -0.25) is 9.69 Å². The van der Waals surface area contributed by atoms with Gasteiger partial charge in [-0.2, -0.15) is 0 Å². The zero-order valence-corrected chi connectivity index (χ0v) is 14.9. The minimum absolute atomic E-state index is 0. The molecule has 1 fully saturated rings. The summed E-state index contributed by atoms with van der Waals surface area (Å²) < 4.78 is 0. The normalized spacial score (nSPS) is 18.6. The lowest BCUT2D eigenvalue weighted by Crippen LogP contribution is -2.42. The van der Waals surface area contributed by atoms with E-state index in [9.17, 15) is 4.79 Å². The number of halogens is 3. The van der Waals surface area contributed by atoms with Gasteiger partial charge in [0.25, 0.3) is 0 Å². The number of nitrogens with one attached hydrogen (secondary N) is 2. The van der Waals surface area contributed by atoms with Crippen molar-refractivity contribution >= 4 is 47.2 Å². The Kier molecular flexibility index (Phi) is 8.50. The molecule has 1 aliphatic heterocycles. The predicted octanol–water partition coefficient (Wildman–Crippen LogP) is 3.29. The molecule has 22 heavy (non-hydrogen) atoms. The molecule has 1 unspecified atom stereocenters. The van der Waals surface area contributed by atoms with Crippen LogP contribution in [0.2, 0.25) is 10.0 Å². The fourth-order valence-corrected chi connectivity index (χ4v) is 3.03. The van der Waals surface area contributed by atoms with Crippen LogP contribution in [0.1, 0.15) is 12.8 Å². The smallest absolute Gasteiger partial charge is 0.238 e. The zero-order chi connectivity index (χ0) is 15.2. The number of anilines is 1. The first-order chi connectivity index (χ1) is 10.1. The van der Waals surface area contributed by atoms with E-state index >= 15 is 0 Å². The number of carbonyl (C=O) groups is 1. The number of hydrogen-bond acceptors (Lipinski definition) is 3. The highest BCUT2D eigenvalue weighted by atomic mass is 35.5. The van der Waals surface area contributed by atoms with Crippen LogP contribution in [0.4, 0.5) is 5.69 Å². The molecule has 1 aliphatic rings. The van der Waals surface area contributed by atoms with E-state index in [2.05, 4.69) is 15.5 Å². The second-order valence-corrected chi connectivity index (χ2v) is 6.29. The summed E-state index contributed by atoms with van der Waals surface area (Å²) >= 11 is 11.8. The second kappa shape index (κ2) is 9.58. The Morgan fingerprint density at radius 3 is 2.82 bits per heavy atom. The van der Waals surface area contributed by atoms with E-state index in [0.717, 1.165) is 26.1 Å². The molecule has 0 radical (unpaired) electrons. The molecule has 0 spiro atoms. The van der Waals surface area contributed by atoms with E-state index < -0.39 is 0 Å². The van der Waals surface area contributed by atoms with Crippen molar-refractivity contribution < 1.29 is 4.79 Å².